The maximum atomic E-state index is 13.0. The average molecular weight is 254 g/mol. The second-order valence-corrected chi connectivity index (χ2v) is 5.54. The molecule has 1 aromatic rings. The Morgan fingerprint density at radius 3 is 2.88 bits per heavy atom. The van der Waals surface area contributed by atoms with Crippen LogP contribution in [-0.2, 0) is 16.6 Å². The number of benzene rings is 1. The van der Waals surface area contributed by atoms with Crippen molar-refractivity contribution in [3.05, 3.63) is 35.1 Å². The lowest BCUT2D eigenvalue weighted by molar-refractivity contribution is 0.626. The molecule has 0 aliphatic heterocycles. The van der Waals surface area contributed by atoms with Crippen molar-refractivity contribution >= 4 is 10.8 Å². The summed E-state index contributed by atoms with van der Waals surface area (Å²) in [4.78, 5) is 0. The number of halogens is 1. The van der Waals surface area contributed by atoms with Crippen LogP contribution in [0.5, 0.6) is 0 Å². The molecule has 0 spiro atoms. The van der Waals surface area contributed by atoms with Gasteiger partial charge in [0.2, 0.25) is 0 Å². The molecule has 0 saturated heterocycles. The molecule has 2 unspecified atom stereocenters. The Bertz CT molecular complexity index is 454. The summed E-state index contributed by atoms with van der Waals surface area (Å²) in [5.41, 5.74) is 6.44. The van der Waals surface area contributed by atoms with E-state index in [4.69, 9.17) is 11.0 Å². The number of nitrogens with two attached hydrogens (primary N) is 1. The van der Waals surface area contributed by atoms with Crippen LogP contribution in [-0.4, -0.2) is 16.0 Å². The Labute approximate surface area is 103 Å². The van der Waals surface area contributed by atoms with Gasteiger partial charge in [-0.3, -0.25) is 4.21 Å². The molecule has 17 heavy (non-hydrogen) atoms. The van der Waals surface area contributed by atoms with Crippen LogP contribution in [0.3, 0.4) is 0 Å². The molecule has 0 bridgehead atoms. The molecule has 0 saturated carbocycles. The average Bonchev–Trinajstić information content (AvgIpc) is 2.27. The summed E-state index contributed by atoms with van der Waals surface area (Å²) >= 11 is 0. The van der Waals surface area contributed by atoms with Crippen LogP contribution in [0, 0.1) is 17.1 Å². The maximum absolute atomic E-state index is 13.0. The summed E-state index contributed by atoms with van der Waals surface area (Å²) in [5, 5.41) is 8.85. The van der Waals surface area contributed by atoms with Crippen molar-refractivity contribution in [3.8, 4) is 6.07 Å². The fourth-order valence-corrected chi connectivity index (χ4v) is 2.72. The highest BCUT2D eigenvalue weighted by Crippen LogP contribution is 2.13. The van der Waals surface area contributed by atoms with E-state index < -0.39 is 16.6 Å². The molecule has 0 amide bonds. The highest BCUT2D eigenvalue weighted by atomic mass is 32.2. The molecule has 0 fully saturated rings. The third-order valence-corrected chi connectivity index (χ3v) is 3.63. The topological polar surface area (TPSA) is 66.9 Å². The first kappa shape index (κ1) is 13.8. The monoisotopic (exact) mass is 254 g/mol. The van der Waals surface area contributed by atoms with Gasteiger partial charge in [-0.15, -0.1) is 0 Å². The quantitative estimate of drug-likeness (QED) is 0.869. The smallest absolute Gasteiger partial charge is 0.123 e. The molecular weight excluding hydrogens is 239 g/mol. The molecule has 0 radical (unpaired) electrons. The molecule has 2 atom stereocenters. The van der Waals surface area contributed by atoms with Crippen molar-refractivity contribution in [3.63, 3.8) is 0 Å². The van der Waals surface area contributed by atoms with E-state index >= 15 is 0 Å². The number of hydrogen-bond donors (Lipinski definition) is 1. The van der Waals surface area contributed by atoms with Gasteiger partial charge >= 0.3 is 0 Å². The lowest BCUT2D eigenvalue weighted by atomic mass is 10.1. The normalized spacial score (nSPS) is 14.0. The van der Waals surface area contributed by atoms with Gasteiger partial charge in [-0.2, -0.15) is 5.26 Å². The Balaban J connectivity index is 2.71. The highest BCUT2D eigenvalue weighted by Gasteiger charge is 2.09. The SMILES string of the molecule is CC(N)CCS(=O)Cc1cc(F)ccc1C#N. The second-order valence-electron chi connectivity index (χ2n) is 3.97. The van der Waals surface area contributed by atoms with Crippen LogP contribution in [0.1, 0.15) is 24.5 Å². The van der Waals surface area contributed by atoms with Crippen LogP contribution in [0.2, 0.25) is 0 Å². The molecule has 92 valence electrons. The van der Waals surface area contributed by atoms with E-state index in [1.807, 2.05) is 13.0 Å². The predicted octanol–water partition coefficient (Wildman–Crippen LogP) is 1.68. The van der Waals surface area contributed by atoms with Gasteiger partial charge in [-0.05, 0) is 37.1 Å². The third-order valence-electron chi connectivity index (χ3n) is 2.31. The van der Waals surface area contributed by atoms with E-state index in [9.17, 15) is 8.60 Å². The molecular formula is C12H15FN2OS. The molecule has 2 N–H and O–H groups in total. The van der Waals surface area contributed by atoms with Gasteiger partial charge in [0.25, 0.3) is 0 Å². The van der Waals surface area contributed by atoms with E-state index in [1.165, 1.54) is 18.2 Å². The first-order chi connectivity index (χ1) is 8.02. The fourth-order valence-electron chi connectivity index (χ4n) is 1.35. The van der Waals surface area contributed by atoms with Gasteiger partial charge in [-0.25, -0.2) is 4.39 Å². The second kappa shape index (κ2) is 6.48. The maximum Gasteiger partial charge on any atom is 0.123 e. The predicted molar refractivity (Wildman–Crippen MR) is 66.1 cm³/mol. The van der Waals surface area contributed by atoms with Gasteiger partial charge < -0.3 is 5.73 Å². The van der Waals surface area contributed by atoms with Crippen molar-refractivity contribution in [1.82, 2.24) is 0 Å². The summed E-state index contributed by atoms with van der Waals surface area (Å²) in [5.74, 6) is 0.259. The minimum absolute atomic E-state index is 0.00176. The molecule has 0 aromatic heterocycles. The summed E-state index contributed by atoms with van der Waals surface area (Å²) in [7, 11) is -1.11. The number of hydrogen-bond acceptors (Lipinski definition) is 3. The zero-order valence-corrected chi connectivity index (χ0v) is 10.5. The molecule has 0 aliphatic rings. The van der Waals surface area contributed by atoms with Gasteiger partial charge in [0.15, 0.2) is 0 Å². The van der Waals surface area contributed by atoms with Crippen molar-refractivity contribution < 1.29 is 8.60 Å². The molecule has 1 rings (SSSR count). The lowest BCUT2D eigenvalue weighted by Gasteiger charge is -2.06. The molecule has 0 heterocycles. The van der Waals surface area contributed by atoms with E-state index in [0.29, 0.717) is 23.3 Å². The number of nitrogens with zero attached hydrogens (tertiary/aromatic N) is 1. The van der Waals surface area contributed by atoms with E-state index in [0.717, 1.165) is 0 Å². The Hall–Kier alpha value is -1.25. The number of rotatable bonds is 5. The van der Waals surface area contributed by atoms with Crippen molar-refractivity contribution in [2.75, 3.05) is 5.75 Å². The molecule has 5 heteroatoms. The minimum Gasteiger partial charge on any atom is -0.328 e. The van der Waals surface area contributed by atoms with E-state index in [2.05, 4.69) is 0 Å². The van der Waals surface area contributed by atoms with Gasteiger partial charge in [0.05, 0.1) is 11.6 Å². The molecule has 0 aliphatic carbocycles. The van der Waals surface area contributed by atoms with Crippen LogP contribution >= 0.6 is 0 Å². The Kier molecular flexibility index (Phi) is 5.26. The first-order valence-corrected chi connectivity index (χ1v) is 6.81. The summed E-state index contributed by atoms with van der Waals surface area (Å²) in [6, 6.07) is 5.87. The minimum atomic E-state index is -1.11. The van der Waals surface area contributed by atoms with E-state index in [1.54, 1.807) is 0 Å². The van der Waals surface area contributed by atoms with Crippen LogP contribution < -0.4 is 5.73 Å². The fraction of sp³-hybridized carbons (Fsp3) is 0.417. The lowest BCUT2D eigenvalue weighted by Crippen LogP contribution is -2.18. The van der Waals surface area contributed by atoms with E-state index in [-0.39, 0.29) is 11.8 Å². The zero-order valence-electron chi connectivity index (χ0n) is 9.65. The molecule has 1 aromatic carbocycles. The zero-order chi connectivity index (χ0) is 12.8. The van der Waals surface area contributed by atoms with Crippen LogP contribution in [0.4, 0.5) is 4.39 Å². The highest BCUT2D eigenvalue weighted by molar-refractivity contribution is 7.84. The Morgan fingerprint density at radius 1 is 1.59 bits per heavy atom. The van der Waals surface area contributed by atoms with Gasteiger partial charge in [0.1, 0.15) is 5.82 Å². The van der Waals surface area contributed by atoms with Gasteiger partial charge in [-0.1, -0.05) is 0 Å². The summed E-state index contributed by atoms with van der Waals surface area (Å²) < 4.78 is 24.7. The number of nitriles is 1. The first-order valence-electron chi connectivity index (χ1n) is 5.32. The summed E-state index contributed by atoms with van der Waals surface area (Å²) in [6.45, 7) is 1.85. The molecule has 3 nitrogen and oxygen atoms in total. The third kappa shape index (κ3) is 4.63. The standard InChI is InChI=1S/C12H15FN2OS/c1-9(15)4-5-17(16)8-11-6-12(13)3-2-10(11)7-14/h2-3,6,9H,4-5,8,15H2,1H3. The van der Waals surface area contributed by atoms with Crippen molar-refractivity contribution in [2.24, 2.45) is 5.73 Å². The summed E-state index contributed by atoms with van der Waals surface area (Å²) in [6.07, 6.45) is 0.657. The largest absolute Gasteiger partial charge is 0.328 e. The van der Waals surface area contributed by atoms with Crippen molar-refractivity contribution in [1.29, 1.82) is 5.26 Å². The van der Waals surface area contributed by atoms with Crippen LogP contribution in [0.25, 0.3) is 0 Å². The van der Waals surface area contributed by atoms with Gasteiger partial charge in [0, 0.05) is 28.3 Å². The Morgan fingerprint density at radius 2 is 2.29 bits per heavy atom. The van der Waals surface area contributed by atoms with Crippen LogP contribution in [0.15, 0.2) is 18.2 Å². The van der Waals surface area contributed by atoms with Crippen molar-refractivity contribution in [2.45, 2.75) is 25.1 Å².